The van der Waals surface area contributed by atoms with Gasteiger partial charge in [0.15, 0.2) is 0 Å². The Hall–Kier alpha value is -1.82. The lowest BCUT2D eigenvalue weighted by molar-refractivity contribution is -0.119. The van der Waals surface area contributed by atoms with E-state index in [1.807, 2.05) is 31.2 Å². The van der Waals surface area contributed by atoms with Gasteiger partial charge < -0.3 is 5.32 Å². The Bertz CT molecular complexity index is 393. The van der Waals surface area contributed by atoms with Crippen molar-refractivity contribution in [2.75, 3.05) is 0 Å². The lowest BCUT2D eigenvalue weighted by Crippen LogP contribution is -2.33. The summed E-state index contributed by atoms with van der Waals surface area (Å²) in [5, 5.41) is 11.5. The van der Waals surface area contributed by atoms with Crippen LogP contribution in [0.25, 0.3) is 0 Å². The normalized spacial score (nSPS) is 11.5. The van der Waals surface area contributed by atoms with Crippen molar-refractivity contribution in [3.8, 4) is 6.07 Å². The van der Waals surface area contributed by atoms with Crippen molar-refractivity contribution >= 4 is 5.91 Å². The maximum Gasteiger partial charge on any atom is 0.217 e. The number of rotatable bonds is 3. The molecule has 1 rings (SSSR count). The summed E-state index contributed by atoms with van der Waals surface area (Å²) in [7, 11) is 0. The molecule has 1 amide bonds. The molecular weight excluding hydrogens is 188 g/mol. The molecule has 0 saturated heterocycles. The molecule has 3 nitrogen and oxygen atoms in total. The number of carbonyl (C=O) groups is 1. The van der Waals surface area contributed by atoms with Crippen LogP contribution in [0.15, 0.2) is 24.3 Å². The molecule has 0 saturated carbocycles. The molecule has 15 heavy (non-hydrogen) atoms. The quantitative estimate of drug-likeness (QED) is 0.808. The fourth-order valence-corrected chi connectivity index (χ4v) is 1.43. The van der Waals surface area contributed by atoms with E-state index in [1.165, 1.54) is 6.92 Å². The van der Waals surface area contributed by atoms with Crippen molar-refractivity contribution in [1.82, 2.24) is 5.32 Å². The van der Waals surface area contributed by atoms with E-state index in [4.69, 9.17) is 5.26 Å². The molecule has 0 aromatic heterocycles. The molecule has 1 aromatic carbocycles. The second-order valence-corrected chi connectivity index (χ2v) is 3.51. The highest BCUT2D eigenvalue weighted by Crippen LogP contribution is 2.09. The van der Waals surface area contributed by atoms with Crippen molar-refractivity contribution in [3.05, 3.63) is 35.4 Å². The second-order valence-electron chi connectivity index (χ2n) is 3.51. The zero-order chi connectivity index (χ0) is 11.3. The maximum atomic E-state index is 10.8. The minimum atomic E-state index is -0.441. The molecule has 0 spiro atoms. The molecule has 0 fully saturated rings. The molecule has 0 aliphatic carbocycles. The molecule has 0 unspecified atom stereocenters. The van der Waals surface area contributed by atoms with Crippen LogP contribution in [0.2, 0.25) is 0 Å². The van der Waals surface area contributed by atoms with Crippen LogP contribution >= 0.6 is 0 Å². The summed E-state index contributed by atoms with van der Waals surface area (Å²) in [4.78, 5) is 10.8. The van der Waals surface area contributed by atoms with E-state index in [9.17, 15) is 4.79 Å². The van der Waals surface area contributed by atoms with Gasteiger partial charge in [-0.15, -0.1) is 0 Å². The third-order valence-corrected chi connectivity index (χ3v) is 2.22. The molecule has 78 valence electrons. The maximum absolute atomic E-state index is 10.8. The van der Waals surface area contributed by atoms with Crippen molar-refractivity contribution < 1.29 is 4.79 Å². The third kappa shape index (κ3) is 3.43. The van der Waals surface area contributed by atoms with Gasteiger partial charge in [0.1, 0.15) is 6.04 Å². The summed E-state index contributed by atoms with van der Waals surface area (Å²) >= 11 is 0. The van der Waals surface area contributed by atoms with E-state index >= 15 is 0 Å². The van der Waals surface area contributed by atoms with E-state index in [2.05, 4.69) is 11.4 Å². The fraction of sp³-hybridized carbons (Fsp3) is 0.333. The summed E-state index contributed by atoms with van der Waals surface area (Å²) in [6, 6.07) is 9.50. The molecule has 0 heterocycles. The predicted octanol–water partition coefficient (Wildman–Crippen LogP) is 1.57. The van der Waals surface area contributed by atoms with E-state index in [0.29, 0.717) is 6.42 Å². The Balaban J connectivity index is 2.72. The van der Waals surface area contributed by atoms with Crippen LogP contribution in [0.5, 0.6) is 0 Å². The van der Waals surface area contributed by atoms with E-state index in [-0.39, 0.29) is 5.91 Å². The molecule has 3 heteroatoms. The number of aryl methyl sites for hydroxylation is 1. The minimum absolute atomic E-state index is 0.171. The third-order valence-electron chi connectivity index (χ3n) is 2.22. The molecule has 1 aromatic rings. The SMILES string of the molecule is CC(=O)N[C@H](C#N)Cc1ccccc1C. The van der Waals surface area contributed by atoms with Crippen LogP contribution in [0.3, 0.4) is 0 Å². The smallest absolute Gasteiger partial charge is 0.217 e. The van der Waals surface area contributed by atoms with E-state index in [1.54, 1.807) is 0 Å². The monoisotopic (exact) mass is 202 g/mol. The number of nitrogens with zero attached hydrogens (tertiary/aromatic N) is 1. The summed E-state index contributed by atoms with van der Waals surface area (Å²) in [6.07, 6.45) is 0.558. The summed E-state index contributed by atoms with van der Waals surface area (Å²) < 4.78 is 0. The van der Waals surface area contributed by atoms with Gasteiger partial charge in [-0.1, -0.05) is 24.3 Å². The highest BCUT2D eigenvalue weighted by atomic mass is 16.1. The van der Waals surface area contributed by atoms with Crippen LogP contribution in [-0.2, 0) is 11.2 Å². The summed E-state index contributed by atoms with van der Waals surface area (Å²) in [5.41, 5.74) is 2.24. The first-order valence-electron chi connectivity index (χ1n) is 4.84. The van der Waals surface area contributed by atoms with Gasteiger partial charge in [0, 0.05) is 13.3 Å². The molecule has 0 aliphatic heterocycles. The summed E-state index contributed by atoms with van der Waals surface area (Å²) in [6.45, 7) is 3.42. The highest BCUT2D eigenvalue weighted by Gasteiger charge is 2.10. The number of hydrogen-bond donors (Lipinski definition) is 1. The van der Waals surface area contributed by atoms with Gasteiger partial charge in [0.2, 0.25) is 5.91 Å². The number of nitrogens with one attached hydrogen (secondary N) is 1. The van der Waals surface area contributed by atoms with Gasteiger partial charge >= 0.3 is 0 Å². The number of benzene rings is 1. The van der Waals surface area contributed by atoms with Gasteiger partial charge in [-0.3, -0.25) is 4.79 Å². The lowest BCUT2D eigenvalue weighted by Gasteiger charge is -2.11. The largest absolute Gasteiger partial charge is 0.340 e. The molecule has 1 atom stereocenters. The topological polar surface area (TPSA) is 52.9 Å². The number of hydrogen-bond acceptors (Lipinski definition) is 2. The van der Waals surface area contributed by atoms with Crippen LogP contribution in [0, 0.1) is 18.3 Å². The lowest BCUT2D eigenvalue weighted by atomic mass is 10.0. The standard InChI is InChI=1S/C12H14N2O/c1-9-5-3-4-6-11(9)7-12(8-13)14-10(2)15/h3-6,12H,7H2,1-2H3,(H,14,15)/t12-/m0/s1. The van der Waals surface area contributed by atoms with Crippen molar-refractivity contribution in [1.29, 1.82) is 5.26 Å². The van der Waals surface area contributed by atoms with Gasteiger partial charge in [-0.25, -0.2) is 0 Å². The Morgan fingerprint density at radius 1 is 1.53 bits per heavy atom. The van der Waals surface area contributed by atoms with E-state index < -0.39 is 6.04 Å². The molecular formula is C12H14N2O. The highest BCUT2D eigenvalue weighted by molar-refractivity contribution is 5.73. The second kappa shape index (κ2) is 5.16. The van der Waals surface area contributed by atoms with Gasteiger partial charge in [0.25, 0.3) is 0 Å². The molecule has 0 bridgehead atoms. The molecule has 1 N–H and O–H groups in total. The molecule has 0 radical (unpaired) electrons. The first kappa shape index (κ1) is 11.3. The van der Waals surface area contributed by atoms with Gasteiger partial charge in [-0.2, -0.15) is 5.26 Å². The average Bonchev–Trinajstić information content (AvgIpc) is 2.19. The van der Waals surface area contributed by atoms with E-state index in [0.717, 1.165) is 11.1 Å². The van der Waals surface area contributed by atoms with Gasteiger partial charge in [0.05, 0.1) is 6.07 Å². The number of carbonyl (C=O) groups excluding carboxylic acids is 1. The Kier molecular flexibility index (Phi) is 3.87. The average molecular weight is 202 g/mol. The number of nitriles is 1. The predicted molar refractivity (Wildman–Crippen MR) is 58.1 cm³/mol. The Morgan fingerprint density at radius 3 is 2.73 bits per heavy atom. The van der Waals surface area contributed by atoms with Crippen molar-refractivity contribution in [2.24, 2.45) is 0 Å². The summed E-state index contributed by atoms with van der Waals surface area (Å²) in [5.74, 6) is -0.171. The van der Waals surface area contributed by atoms with Crippen molar-refractivity contribution in [2.45, 2.75) is 26.3 Å². The number of amides is 1. The van der Waals surface area contributed by atoms with Gasteiger partial charge in [-0.05, 0) is 18.1 Å². The Labute approximate surface area is 89.7 Å². The van der Waals surface area contributed by atoms with Crippen LogP contribution < -0.4 is 5.32 Å². The van der Waals surface area contributed by atoms with Crippen LogP contribution in [0.1, 0.15) is 18.1 Å². The first-order valence-corrected chi connectivity index (χ1v) is 4.84. The first-order chi connectivity index (χ1) is 7.13. The fourth-order valence-electron chi connectivity index (χ4n) is 1.43. The van der Waals surface area contributed by atoms with Crippen LogP contribution in [0.4, 0.5) is 0 Å². The minimum Gasteiger partial charge on any atom is -0.340 e. The molecule has 0 aliphatic rings. The zero-order valence-electron chi connectivity index (χ0n) is 8.95. The Morgan fingerprint density at radius 2 is 2.20 bits per heavy atom. The zero-order valence-corrected chi connectivity index (χ0v) is 8.95. The van der Waals surface area contributed by atoms with Crippen molar-refractivity contribution in [3.63, 3.8) is 0 Å². The van der Waals surface area contributed by atoms with Crippen LogP contribution in [-0.4, -0.2) is 11.9 Å².